The van der Waals surface area contributed by atoms with E-state index in [9.17, 15) is 25.2 Å². The Morgan fingerprint density at radius 1 is 0.917 bits per heavy atom. The molecule has 0 fully saturated rings. The number of phenols is 4. The van der Waals surface area contributed by atoms with Crippen molar-refractivity contribution in [3.05, 3.63) is 75.4 Å². The van der Waals surface area contributed by atoms with Crippen molar-refractivity contribution in [1.82, 2.24) is 0 Å². The molecule has 4 N–H and O–H groups in total. The summed E-state index contributed by atoms with van der Waals surface area (Å²) in [6.45, 7) is 10.1. The summed E-state index contributed by atoms with van der Waals surface area (Å²) >= 11 is 0. The molecule has 0 saturated heterocycles. The van der Waals surface area contributed by atoms with E-state index in [1.165, 1.54) is 11.6 Å². The van der Waals surface area contributed by atoms with E-state index in [0.717, 1.165) is 30.1 Å². The first-order valence-electron chi connectivity index (χ1n) is 12.2. The maximum atomic E-state index is 12.9. The fourth-order valence-corrected chi connectivity index (χ4v) is 4.28. The molecule has 192 valence electrons. The molecular formula is C30H36O6. The van der Waals surface area contributed by atoms with Crippen LogP contribution in [-0.4, -0.2) is 26.2 Å². The van der Waals surface area contributed by atoms with Crippen molar-refractivity contribution in [2.45, 2.75) is 72.8 Å². The molecule has 6 nitrogen and oxygen atoms in total. The molecule has 1 atom stereocenters. The van der Waals surface area contributed by atoms with Crippen LogP contribution in [0.2, 0.25) is 0 Å². The van der Waals surface area contributed by atoms with Crippen molar-refractivity contribution >= 4 is 5.78 Å². The summed E-state index contributed by atoms with van der Waals surface area (Å²) in [6, 6.07) is 4.05. The molecule has 0 spiro atoms. The number of phenolic OH excluding ortho intramolecular Hbond substituents is 4. The molecule has 2 aromatic carbocycles. The number of ether oxygens (including phenoxy) is 1. The highest BCUT2D eigenvalue weighted by atomic mass is 16.5. The van der Waals surface area contributed by atoms with Gasteiger partial charge in [-0.05, 0) is 71.9 Å². The molecule has 0 amide bonds. The minimum Gasteiger partial charge on any atom is -0.508 e. The summed E-state index contributed by atoms with van der Waals surface area (Å²) in [5.74, 6) is -0.958. The molecule has 0 aromatic heterocycles. The summed E-state index contributed by atoms with van der Waals surface area (Å²) in [5, 5.41) is 42.3. The molecule has 36 heavy (non-hydrogen) atoms. The minimum absolute atomic E-state index is 0.0160. The number of aromatic hydroxyl groups is 4. The lowest BCUT2D eigenvalue weighted by atomic mass is 9.90. The second kappa shape index (κ2) is 11.4. The van der Waals surface area contributed by atoms with E-state index in [1.54, 1.807) is 6.07 Å². The number of carbonyl (C=O) groups excluding carboxylic acids is 1. The Morgan fingerprint density at radius 3 is 2.28 bits per heavy atom. The zero-order valence-corrected chi connectivity index (χ0v) is 21.7. The molecule has 1 unspecified atom stereocenters. The number of allylic oxidation sites excluding steroid dienone is 6. The van der Waals surface area contributed by atoms with E-state index in [2.05, 4.69) is 19.9 Å². The topological polar surface area (TPSA) is 107 Å². The highest BCUT2D eigenvalue weighted by Crippen LogP contribution is 2.46. The maximum absolute atomic E-state index is 12.9. The van der Waals surface area contributed by atoms with E-state index in [4.69, 9.17) is 4.74 Å². The maximum Gasteiger partial charge on any atom is 0.174 e. The summed E-state index contributed by atoms with van der Waals surface area (Å²) < 4.78 is 5.99. The molecular weight excluding hydrogens is 456 g/mol. The lowest BCUT2D eigenvalue weighted by Gasteiger charge is -2.28. The van der Waals surface area contributed by atoms with Gasteiger partial charge in [0, 0.05) is 23.3 Å². The van der Waals surface area contributed by atoms with Crippen molar-refractivity contribution in [3.8, 4) is 28.7 Å². The molecule has 3 rings (SSSR count). The number of ketones is 1. The van der Waals surface area contributed by atoms with Gasteiger partial charge in [0.1, 0.15) is 40.4 Å². The van der Waals surface area contributed by atoms with Gasteiger partial charge in [-0.1, -0.05) is 34.9 Å². The predicted molar refractivity (Wildman–Crippen MR) is 141 cm³/mol. The first-order valence-corrected chi connectivity index (χ1v) is 12.2. The Morgan fingerprint density at radius 2 is 1.61 bits per heavy atom. The van der Waals surface area contributed by atoms with E-state index >= 15 is 0 Å². The molecule has 0 bridgehead atoms. The highest BCUT2D eigenvalue weighted by molar-refractivity contribution is 6.02. The fraction of sp³-hybridized carbons (Fsp3) is 0.367. The van der Waals surface area contributed by atoms with E-state index in [0.29, 0.717) is 29.5 Å². The van der Waals surface area contributed by atoms with Gasteiger partial charge >= 0.3 is 0 Å². The van der Waals surface area contributed by atoms with Crippen molar-refractivity contribution in [2.75, 3.05) is 0 Å². The van der Waals surface area contributed by atoms with Crippen molar-refractivity contribution in [3.63, 3.8) is 0 Å². The Kier molecular flexibility index (Phi) is 8.51. The van der Waals surface area contributed by atoms with Gasteiger partial charge in [-0.15, -0.1) is 0 Å². The van der Waals surface area contributed by atoms with Gasteiger partial charge in [0.15, 0.2) is 5.78 Å². The smallest absolute Gasteiger partial charge is 0.174 e. The lowest BCUT2D eigenvalue weighted by Crippen LogP contribution is -2.21. The van der Waals surface area contributed by atoms with E-state index in [1.807, 2.05) is 32.9 Å². The van der Waals surface area contributed by atoms with Gasteiger partial charge in [0.05, 0.1) is 6.42 Å². The van der Waals surface area contributed by atoms with Crippen molar-refractivity contribution < 1.29 is 30.0 Å². The third-order valence-electron chi connectivity index (χ3n) is 6.29. The van der Waals surface area contributed by atoms with Crippen LogP contribution >= 0.6 is 0 Å². The number of rotatable bonds is 8. The first kappa shape index (κ1) is 26.9. The number of fused-ring (bicyclic) bond motifs is 1. The normalized spacial score (nSPS) is 15.2. The SMILES string of the molecule is CC(C)=CCC/C(C)=C/Cc1c(O)c(CC=C(C)C)cc(C2CC(=O)c3c(O)cc(O)cc3O2)c1O. The molecule has 6 heteroatoms. The standard InChI is InChI=1S/C30H36O6/c1-17(2)7-6-8-19(5)10-12-22-29(34)20(11-9-18(3)4)13-23(30(22)35)26-16-25(33)28-24(32)14-21(31)15-27(28)36-26/h7,9-10,13-15,26,31-32,34-35H,6,8,11-12,16H2,1-5H3/b19-10+. The molecule has 0 radical (unpaired) electrons. The molecule has 0 aliphatic carbocycles. The van der Waals surface area contributed by atoms with Crippen LogP contribution in [0, 0.1) is 0 Å². The molecule has 1 heterocycles. The van der Waals surface area contributed by atoms with Crippen LogP contribution in [0.4, 0.5) is 0 Å². The Bertz CT molecular complexity index is 1240. The first-order chi connectivity index (χ1) is 17.0. The van der Waals surface area contributed by atoms with Crippen LogP contribution in [0.1, 0.15) is 87.0 Å². The molecule has 1 aliphatic heterocycles. The van der Waals surface area contributed by atoms with Crippen molar-refractivity contribution in [2.24, 2.45) is 0 Å². The van der Waals surface area contributed by atoms with Gasteiger partial charge in [-0.2, -0.15) is 0 Å². The van der Waals surface area contributed by atoms with Gasteiger partial charge in [0.2, 0.25) is 0 Å². The molecule has 2 aromatic rings. The monoisotopic (exact) mass is 492 g/mol. The Balaban J connectivity index is 2.02. The van der Waals surface area contributed by atoms with Crippen LogP contribution in [0.25, 0.3) is 0 Å². The summed E-state index contributed by atoms with van der Waals surface area (Å²) in [6.07, 6.45) is 7.81. The average molecular weight is 493 g/mol. The zero-order chi connectivity index (χ0) is 26.6. The minimum atomic E-state index is -0.834. The molecule has 1 aliphatic rings. The van der Waals surface area contributed by atoms with Crippen LogP contribution in [0.15, 0.2) is 53.1 Å². The van der Waals surface area contributed by atoms with Crippen LogP contribution in [0.3, 0.4) is 0 Å². The van der Waals surface area contributed by atoms with E-state index in [-0.39, 0.29) is 46.5 Å². The predicted octanol–water partition coefficient (Wildman–Crippen LogP) is 6.96. The van der Waals surface area contributed by atoms with Crippen LogP contribution in [-0.2, 0) is 12.8 Å². The third kappa shape index (κ3) is 6.30. The van der Waals surface area contributed by atoms with Gasteiger partial charge in [-0.25, -0.2) is 0 Å². The van der Waals surface area contributed by atoms with Gasteiger partial charge in [-0.3, -0.25) is 4.79 Å². The fourth-order valence-electron chi connectivity index (χ4n) is 4.28. The number of Topliss-reactive ketones (excluding diaryl/α,β-unsaturated/α-hetero) is 1. The quantitative estimate of drug-likeness (QED) is 0.297. The Hall–Kier alpha value is -3.67. The summed E-state index contributed by atoms with van der Waals surface area (Å²) in [5.41, 5.74) is 4.90. The summed E-state index contributed by atoms with van der Waals surface area (Å²) in [7, 11) is 0. The lowest BCUT2D eigenvalue weighted by molar-refractivity contribution is 0.0842. The Labute approximate surface area is 212 Å². The van der Waals surface area contributed by atoms with Gasteiger partial charge in [0.25, 0.3) is 0 Å². The molecule has 0 saturated carbocycles. The van der Waals surface area contributed by atoms with Crippen LogP contribution in [0.5, 0.6) is 28.7 Å². The average Bonchev–Trinajstić information content (AvgIpc) is 2.77. The second-order valence-corrected chi connectivity index (χ2v) is 9.93. The highest BCUT2D eigenvalue weighted by Gasteiger charge is 2.33. The largest absolute Gasteiger partial charge is 0.508 e. The van der Waals surface area contributed by atoms with Crippen molar-refractivity contribution in [1.29, 1.82) is 0 Å². The number of benzene rings is 2. The van der Waals surface area contributed by atoms with Crippen LogP contribution < -0.4 is 4.74 Å². The van der Waals surface area contributed by atoms with E-state index < -0.39 is 6.10 Å². The zero-order valence-electron chi connectivity index (χ0n) is 21.7. The number of carbonyl (C=O) groups is 1. The second-order valence-electron chi connectivity index (χ2n) is 9.93. The summed E-state index contributed by atoms with van der Waals surface area (Å²) in [4.78, 5) is 12.9. The van der Waals surface area contributed by atoms with Gasteiger partial charge < -0.3 is 25.2 Å². The number of hydrogen-bond acceptors (Lipinski definition) is 6. The third-order valence-corrected chi connectivity index (χ3v) is 6.29. The number of hydrogen-bond donors (Lipinski definition) is 4.